The van der Waals surface area contributed by atoms with E-state index in [1.165, 1.54) is 0 Å². The van der Waals surface area contributed by atoms with Gasteiger partial charge in [-0.2, -0.15) is 0 Å². The van der Waals surface area contributed by atoms with E-state index in [0.29, 0.717) is 17.6 Å². The molecule has 0 saturated carbocycles. The summed E-state index contributed by atoms with van der Waals surface area (Å²) in [5, 5.41) is 17.9. The topological polar surface area (TPSA) is 80.0 Å². The zero-order valence-corrected chi connectivity index (χ0v) is 12.6. The maximum absolute atomic E-state index is 9.21. The number of aliphatic hydroxyl groups is 1. The molecule has 0 aliphatic carbocycles. The van der Waals surface area contributed by atoms with Crippen LogP contribution in [0.25, 0.3) is 0 Å². The maximum Gasteiger partial charge on any atom is 0.226 e. The summed E-state index contributed by atoms with van der Waals surface area (Å²) in [6.45, 7) is 7.89. The monoisotopic (exact) mass is 288 g/mol. The van der Waals surface area contributed by atoms with Gasteiger partial charge in [-0.1, -0.05) is 13.8 Å². The summed E-state index contributed by atoms with van der Waals surface area (Å²) in [7, 11) is 0. The van der Waals surface area contributed by atoms with E-state index in [1.807, 2.05) is 0 Å². The highest BCUT2D eigenvalue weighted by atomic mass is 16.3. The van der Waals surface area contributed by atoms with Gasteiger partial charge in [0, 0.05) is 25.2 Å². The van der Waals surface area contributed by atoms with Gasteiger partial charge < -0.3 is 14.6 Å². The predicted octanol–water partition coefficient (Wildman–Crippen LogP) is 1.27. The van der Waals surface area contributed by atoms with E-state index < -0.39 is 0 Å². The minimum Gasteiger partial charge on any atom is -0.390 e. The lowest BCUT2D eigenvalue weighted by Crippen LogP contribution is -2.38. The molecule has 0 saturated heterocycles. The maximum atomic E-state index is 9.21. The van der Waals surface area contributed by atoms with Gasteiger partial charge in [-0.15, -0.1) is 10.2 Å². The number of fused-ring (bicyclic) bond motifs is 1. The second kappa shape index (κ2) is 5.40. The first-order chi connectivity index (χ1) is 10.1. The third-order valence-corrected chi connectivity index (χ3v) is 3.85. The second-order valence-electron chi connectivity index (χ2n) is 5.60. The molecule has 1 atom stereocenters. The Balaban J connectivity index is 1.93. The van der Waals surface area contributed by atoms with Gasteiger partial charge in [0.1, 0.15) is 5.82 Å². The molecular weight excluding hydrogens is 268 g/mol. The Bertz CT molecular complexity index is 638. The molecule has 2 aromatic rings. The zero-order valence-electron chi connectivity index (χ0n) is 12.6. The van der Waals surface area contributed by atoms with Crippen molar-refractivity contribution in [1.29, 1.82) is 0 Å². The van der Waals surface area contributed by atoms with E-state index in [-0.39, 0.29) is 12.6 Å². The van der Waals surface area contributed by atoms with Gasteiger partial charge in [-0.05, 0) is 13.0 Å². The van der Waals surface area contributed by atoms with Crippen LogP contribution in [0.15, 0.2) is 12.3 Å². The Morgan fingerprint density at radius 2 is 2.14 bits per heavy atom. The molecule has 1 N–H and O–H groups in total. The van der Waals surface area contributed by atoms with Crippen molar-refractivity contribution in [1.82, 2.24) is 24.7 Å². The fourth-order valence-electron chi connectivity index (χ4n) is 2.72. The predicted molar refractivity (Wildman–Crippen MR) is 77.8 cm³/mol. The average Bonchev–Trinajstić information content (AvgIpc) is 2.93. The molecule has 0 radical (unpaired) electrons. The first-order valence-electron chi connectivity index (χ1n) is 7.24. The summed E-state index contributed by atoms with van der Waals surface area (Å²) >= 11 is 0. The van der Waals surface area contributed by atoms with Crippen molar-refractivity contribution in [3.63, 3.8) is 0 Å². The van der Waals surface area contributed by atoms with E-state index in [9.17, 15) is 5.11 Å². The third kappa shape index (κ3) is 2.37. The van der Waals surface area contributed by atoms with E-state index in [2.05, 4.69) is 50.4 Å². The Morgan fingerprint density at radius 1 is 1.33 bits per heavy atom. The van der Waals surface area contributed by atoms with Crippen molar-refractivity contribution in [2.24, 2.45) is 0 Å². The zero-order chi connectivity index (χ0) is 15.0. The molecule has 21 heavy (non-hydrogen) atoms. The van der Waals surface area contributed by atoms with Crippen LogP contribution in [-0.2, 0) is 13.2 Å². The molecule has 112 valence electrons. The molecule has 3 rings (SSSR count). The van der Waals surface area contributed by atoms with E-state index >= 15 is 0 Å². The van der Waals surface area contributed by atoms with Crippen molar-refractivity contribution >= 4 is 5.95 Å². The summed E-state index contributed by atoms with van der Waals surface area (Å²) in [5.41, 5.74) is 0.627. The van der Waals surface area contributed by atoms with Gasteiger partial charge in [0.2, 0.25) is 5.95 Å². The standard InChI is InChI=1S/C14H20N6O/c1-9(2)12-17-18-13-10(3)19(6-7-20(12)13)14-15-5-4-11(8-21)16-14/h4-5,9-10,21H,6-8H2,1-3H3. The lowest BCUT2D eigenvalue weighted by Gasteiger charge is -2.34. The molecule has 7 heteroatoms. The number of aliphatic hydroxyl groups excluding tert-OH is 1. The Labute approximate surface area is 123 Å². The number of hydrogen-bond donors (Lipinski definition) is 1. The molecule has 2 aromatic heterocycles. The van der Waals surface area contributed by atoms with Crippen molar-refractivity contribution in [3.05, 3.63) is 29.6 Å². The molecule has 0 amide bonds. The van der Waals surface area contributed by atoms with Crippen LogP contribution in [0.1, 0.15) is 50.1 Å². The van der Waals surface area contributed by atoms with Crippen molar-refractivity contribution in [3.8, 4) is 0 Å². The highest BCUT2D eigenvalue weighted by molar-refractivity contribution is 5.35. The fraction of sp³-hybridized carbons (Fsp3) is 0.571. The van der Waals surface area contributed by atoms with Crippen LogP contribution in [0.5, 0.6) is 0 Å². The van der Waals surface area contributed by atoms with Crippen LogP contribution in [0, 0.1) is 0 Å². The summed E-state index contributed by atoms with van der Waals surface area (Å²) in [5.74, 6) is 2.97. The van der Waals surface area contributed by atoms with Crippen molar-refractivity contribution < 1.29 is 5.11 Å². The number of nitrogens with zero attached hydrogens (tertiary/aromatic N) is 6. The van der Waals surface area contributed by atoms with Crippen LogP contribution in [0.2, 0.25) is 0 Å². The quantitative estimate of drug-likeness (QED) is 0.916. The van der Waals surface area contributed by atoms with E-state index in [1.54, 1.807) is 12.3 Å². The molecule has 0 fully saturated rings. The smallest absolute Gasteiger partial charge is 0.226 e. The molecular formula is C14H20N6O. The van der Waals surface area contributed by atoms with Crippen LogP contribution in [0.3, 0.4) is 0 Å². The molecule has 0 aromatic carbocycles. The average molecular weight is 288 g/mol. The van der Waals surface area contributed by atoms with Crippen molar-refractivity contribution in [2.45, 2.75) is 45.9 Å². The number of rotatable bonds is 3. The van der Waals surface area contributed by atoms with E-state index in [4.69, 9.17) is 0 Å². The summed E-state index contributed by atoms with van der Waals surface area (Å²) in [4.78, 5) is 10.8. The molecule has 7 nitrogen and oxygen atoms in total. The molecule has 3 heterocycles. The lowest BCUT2D eigenvalue weighted by atomic mass is 10.1. The Hall–Kier alpha value is -2.02. The molecule has 0 bridgehead atoms. The van der Waals surface area contributed by atoms with Gasteiger partial charge in [0.25, 0.3) is 0 Å². The highest BCUT2D eigenvalue weighted by Gasteiger charge is 2.30. The summed E-state index contributed by atoms with van der Waals surface area (Å²) < 4.78 is 2.20. The normalized spacial score (nSPS) is 18.1. The van der Waals surface area contributed by atoms with Crippen molar-refractivity contribution in [2.75, 3.05) is 11.4 Å². The summed E-state index contributed by atoms with van der Waals surface area (Å²) in [6.07, 6.45) is 1.68. The first kappa shape index (κ1) is 13.9. The van der Waals surface area contributed by atoms with Crippen LogP contribution in [-0.4, -0.2) is 36.4 Å². The number of aromatic nitrogens is 5. The van der Waals surface area contributed by atoms with Gasteiger partial charge >= 0.3 is 0 Å². The second-order valence-corrected chi connectivity index (χ2v) is 5.60. The first-order valence-corrected chi connectivity index (χ1v) is 7.24. The minimum atomic E-state index is -0.0780. The third-order valence-electron chi connectivity index (χ3n) is 3.85. The van der Waals surface area contributed by atoms with Gasteiger partial charge in [0.05, 0.1) is 18.3 Å². The summed E-state index contributed by atoms with van der Waals surface area (Å²) in [6, 6.07) is 1.78. The molecule has 1 unspecified atom stereocenters. The van der Waals surface area contributed by atoms with E-state index in [0.717, 1.165) is 24.7 Å². The SMILES string of the molecule is CC(C)c1nnc2n1CCN(c1nccc(CO)n1)C2C. The molecule has 1 aliphatic heterocycles. The fourth-order valence-corrected chi connectivity index (χ4v) is 2.72. The Morgan fingerprint density at radius 3 is 2.86 bits per heavy atom. The van der Waals surface area contributed by atoms with Crippen LogP contribution >= 0.6 is 0 Å². The van der Waals surface area contributed by atoms with Gasteiger partial charge in [-0.25, -0.2) is 9.97 Å². The van der Waals surface area contributed by atoms with Gasteiger partial charge in [-0.3, -0.25) is 0 Å². The number of anilines is 1. The molecule has 0 spiro atoms. The largest absolute Gasteiger partial charge is 0.390 e. The highest BCUT2D eigenvalue weighted by Crippen LogP contribution is 2.29. The van der Waals surface area contributed by atoms with Crippen LogP contribution in [0.4, 0.5) is 5.95 Å². The van der Waals surface area contributed by atoms with Crippen LogP contribution < -0.4 is 4.90 Å². The molecule has 1 aliphatic rings. The Kier molecular flexibility index (Phi) is 3.59. The van der Waals surface area contributed by atoms with Gasteiger partial charge in [0.15, 0.2) is 5.82 Å². The minimum absolute atomic E-state index is 0.0627. The lowest BCUT2D eigenvalue weighted by molar-refractivity contribution is 0.276. The number of hydrogen-bond acceptors (Lipinski definition) is 6.